The minimum absolute atomic E-state index is 0.166. The molecule has 0 aromatic heterocycles. The highest BCUT2D eigenvalue weighted by atomic mass is 35.5. The largest absolute Gasteiger partial charge is 0.396 e. The fraction of sp³-hybridized carbons (Fsp3) is 0.318. The minimum Gasteiger partial charge on any atom is -0.396 e. The minimum atomic E-state index is -1.58. The van der Waals surface area contributed by atoms with Gasteiger partial charge in [-0.25, -0.2) is 13.2 Å². The first-order valence-electron chi connectivity index (χ1n) is 9.35. The molecule has 0 aliphatic carbocycles. The summed E-state index contributed by atoms with van der Waals surface area (Å²) in [5.41, 5.74) is 0.117. The molecule has 0 radical (unpaired) electrons. The number of halogens is 4. The fourth-order valence-electron chi connectivity index (χ4n) is 1.83. The summed E-state index contributed by atoms with van der Waals surface area (Å²) in [5.74, 6) is -4.10. The van der Waals surface area contributed by atoms with Gasteiger partial charge in [-0.2, -0.15) is 0 Å². The van der Waals surface area contributed by atoms with Gasteiger partial charge >= 0.3 is 0 Å². The molecule has 3 nitrogen and oxygen atoms in total. The van der Waals surface area contributed by atoms with Crippen molar-refractivity contribution in [3.63, 3.8) is 0 Å². The Balaban J connectivity index is 0.000000902. The van der Waals surface area contributed by atoms with Crippen LogP contribution in [0.3, 0.4) is 0 Å². The van der Waals surface area contributed by atoms with Gasteiger partial charge in [-0.05, 0) is 30.4 Å². The number of benzene rings is 2. The third kappa shape index (κ3) is 10.2. The smallest absolute Gasteiger partial charge is 0.255 e. The Morgan fingerprint density at radius 3 is 2.17 bits per heavy atom. The van der Waals surface area contributed by atoms with Crippen LogP contribution in [-0.4, -0.2) is 23.4 Å². The van der Waals surface area contributed by atoms with Gasteiger partial charge in [-0.1, -0.05) is 44.9 Å². The molecular weight excluding hydrogens is 435 g/mol. The lowest BCUT2D eigenvalue weighted by Gasteiger charge is -2.08. The first kappa shape index (κ1) is 28.0. The number of nitrogens with one attached hydrogen (secondary N) is 1. The second-order valence-corrected chi connectivity index (χ2v) is 7.51. The van der Waals surface area contributed by atoms with E-state index < -0.39 is 23.4 Å². The van der Waals surface area contributed by atoms with Crippen molar-refractivity contribution in [2.45, 2.75) is 38.5 Å². The molecule has 0 aliphatic heterocycles. The van der Waals surface area contributed by atoms with Crippen molar-refractivity contribution >= 4 is 35.0 Å². The van der Waals surface area contributed by atoms with Crippen LogP contribution >= 0.6 is 23.4 Å². The fourth-order valence-corrected chi connectivity index (χ4v) is 2.84. The molecule has 0 bridgehead atoms. The van der Waals surface area contributed by atoms with E-state index in [1.165, 1.54) is 24.2 Å². The zero-order valence-electron chi connectivity index (χ0n) is 17.3. The van der Waals surface area contributed by atoms with Crippen LogP contribution in [-0.2, 0) is 0 Å². The lowest BCUT2D eigenvalue weighted by molar-refractivity contribution is 0.102. The van der Waals surface area contributed by atoms with Crippen LogP contribution in [0.15, 0.2) is 47.9 Å². The van der Waals surface area contributed by atoms with Crippen molar-refractivity contribution in [2.24, 2.45) is 0 Å². The van der Waals surface area contributed by atoms with Crippen LogP contribution in [0, 0.1) is 17.5 Å². The molecule has 166 valence electrons. The first-order valence-corrected chi connectivity index (χ1v) is 10.7. The molecule has 0 spiro atoms. The van der Waals surface area contributed by atoms with E-state index in [0.29, 0.717) is 23.6 Å². The van der Waals surface area contributed by atoms with E-state index in [1.807, 2.05) is 6.92 Å². The van der Waals surface area contributed by atoms with Gasteiger partial charge < -0.3 is 10.4 Å². The predicted octanol–water partition coefficient (Wildman–Crippen LogP) is 7.09. The molecule has 2 N–H and O–H groups in total. The molecule has 1 amide bonds. The molecule has 2 aromatic carbocycles. The number of rotatable bonds is 6. The normalized spacial score (nSPS) is 9.60. The quantitative estimate of drug-likeness (QED) is 0.274. The van der Waals surface area contributed by atoms with E-state index >= 15 is 0 Å². The molecule has 0 aliphatic rings. The molecule has 30 heavy (non-hydrogen) atoms. The monoisotopic (exact) mass is 461 g/mol. The molecule has 0 atom stereocenters. The van der Waals surface area contributed by atoms with Gasteiger partial charge in [0.15, 0.2) is 17.5 Å². The van der Waals surface area contributed by atoms with E-state index in [0.717, 1.165) is 10.6 Å². The molecule has 0 saturated heterocycles. The number of amides is 1. The van der Waals surface area contributed by atoms with Crippen molar-refractivity contribution < 1.29 is 23.1 Å². The molecule has 8 heteroatoms. The number of anilines is 1. The van der Waals surface area contributed by atoms with Crippen molar-refractivity contribution in [3.05, 3.63) is 71.0 Å². The second-order valence-electron chi connectivity index (χ2n) is 5.79. The van der Waals surface area contributed by atoms with Gasteiger partial charge in [-0.3, -0.25) is 4.79 Å². The lowest BCUT2D eigenvalue weighted by atomic mass is 10.2. The number of hydrogen-bond donors (Lipinski definition) is 2. The predicted molar refractivity (Wildman–Crippen MR) is 120 cm³/mol. The summed E-state index contributed by atoms with van der Waals surface area (Å²) >= 11 is 7.47. The standard InChI is InChI=1S/C15H11ClF3NOS.C4H8O.C3H8/c1-2-22-13-5-8(3-4-10(13)16)15(21)20-9-6-11(17)14(19)12(18)7-9;1-2-3-4-5;1-3-2/h3-7H,2H2,1H3,(H,20,21);2,5H,1,3-4H2;3H2,1-2H3. The third-order valence-electron chi connectivity index (χ3n) is 3.07. The summed E-state index contributed by atoms with van der Waals surface area (Å²) in [7, 11) is 0. The Kier molecular flexibility index (Phi) is 14.8. The van der Waals surface area contributed by atoms with E-state index in [4.69, 9.17) is 16.7 Å². The lowest BCUT2D eigenvalue weighted by Crippen LogP contribution is -2.12. The Labute approximate surface area is 185 Å². The number of thioether (sulfide) groups is 1. The first-order chi connectivity index (χ1) is 14.2. The van der Waals surface area contributed by atoms with Gasteiger partial charge in [0.2, 0.25) is 0 Å². The van der Waals surface area contributed by atoms with E-state index in [9.17, 15) is 18.0 Å². The topological polar surface area (TPSA) is 49.3 Å². The number of aliphatic hydroxyl groups is 1. The maximum Gasteiger partial charge on any atom is 0.255 e. The summed E-state index contributed by atoms with van der Waals surface area (Å²) in [6.07, 6.45) is 3.64. The van der Waals surface area contributed by atoms with Gasteiger partial charge in [0.05, 0.1) is 5.02 Å². The summed E-state index contributed by atoms with van der Waals surface area (Å²) < 4.78 is 39.1. The van der Waals surface area contributed by atoms with Crippen molar-refractivity contribution in [2.75, 3.05) is 17.7 Å². The van der Waals surface area contributed by atoms with Crippen LogP contribution in [0.4, 0.5) is 18.9 Å². The van der Waals surface area contributed by atoms with Crippen LogP contribution in [0.1, 0.15) is 44.0 Å². The number of hydrogen-bond acceptors (Lipinski definition) is 3. The summed E-state index contributed by atoms with van der Waals surface area (Å²) in [6, 6.07) is 6.08. The second kappa shape index (κ2) is 15.8. The third-order valence-corrected chi connectivity index (χ3v) is 4.45. The van der Waals surface area contributed by atoms with Gasteiger partial charge in [0.25, 0.3) is 5.91 Å². The summed E-state index contributed by atoms with van der Waals surface area (Å²) in [4.78, 5) is 12.8. The molecule has 0 saturated carbocycles. The van der Waals surface area contributed by atoms with Crippen LogP contribution in [0.2, 0.25) is 5.02 Å². The van der Waals surface area contributed by atoms with Crippen molar-refractivity contribution in [1.29, 1.82) is 0 Å². The Morgan fingerprint density at radius 1 is 1.17 bits per heavy atom. The molecule has 0 fully saturated rings. The molecule has 0 heterocycles. The Hall–Kier alpha value is -1.96. The molecular formula is C22H27ClF3NO2S. The number of carbonyl (C=O) groups excluding carboxylic acids is 1. The van der Waals surface area contributed by atoms with Gasteiger partial charge in [-0.15, -0.1) is 18.3 Å². The highest BCUT2D eigenvalue weighted by Gasteiger charge is 2.14. The van der Waals surface area contributed by atoms with E-state index in [-0.39, 0.29) is 17.9 Å². The average molecular weight is 462 g/mol. The zero-order valence-corrected chi connectivity index (χ0v) is 18.8. The van der Waals surface area contributed by atoms with Crippen molar-refractivity contribution in [1.82, 2.24) is 0 Å². The van der Waals surface area contributed by atoms with Crippen LogP contribution < -0.4 is 5.32 Å². The van der Waals surface area contributed by atoms with Gasteiger partial charge in [0.1, 0.15) is 0 Å². The number of carbonyl (C=O) groups is 1. The highest BCUT2D eigenvalue weighted by Crippen LogP contribution is 2.28. The average Bonchev–Trinajstić information content (AvgIpc) is 2.69. The number of aliphatic hydroxyl groups excluding tert-OH is 1. The van der Waals surface area contributed by atoms with Crippen molar-refractivity contribution in [3.8, 4) is 0 Å². The Bertz CT molecular complexity index is 796. The van der Waals surface area contributed by atoms with E-state index in [1.54, 1.807) is 18.2 Å². The molecule has 0 unspecified atom stereocenters. The highest BCUT2D eigenvalue weighted by molar-refractivity contribution is 7.99. The summed E-state index contributed by atoms with van der Waals surface area (Å²) in [5, 5.41) is 10.8. The van der Waals surface area contributed by atoms with Crippen LogP contribution in [0.5, 0.6) is 0 Å². The molecule has 2 rings (SSSR count). The SMILES string of the molecule is C=CCCO.CCC.CCSc1cc(C(=O)Nc2cc(F)c(F)c(F)c2)ccc1Cl. The van der Waals surface area contributed by atoms with E-state index in [2.05, 4.69) is 25.7 Å². The van der Waals surface area contributed by atoms with Gasteiger partial charge in [0, 0.05) is 34.9 Å². The Morgan fingerprint density at radius 2 is 1.73 bits per heavy atom. The van der Waals surface area contributed by atoms with Crippen LogP contribution in [0.25, 0.3) is 0 Å². The molecule has 2 aromatic rings. The zero-order chi connectivity index (χ0) is 23.1. The maximum absolute atomic E-state index is 13.1. The maximum atomic E-state index is 13.1. The summed E-state index contributed by atoms with van der Waals surface area (Å²) in [6.45, 7) is 9.81.